The first-order chi connectivity index (χ1) is 7.86. The summed E-state index contributed by atoms with van der Waals surface area (Å²) in [6, 6.07) is 2.57. The van der Waals surface area contributed by atoms with E-state index in [1.807, 2.05) is 19.3 Å². The predicted octanol–water partition coefficient (Wildman–Crippen LogP) is 2.62. The molecule has 0 radical (unpaired) electrons. The number of hydrogen-bond acceptors (Lipinski definition) is 3. The summed E-state index contributed by atoms with van der Waals surface area (Å²) >= 11 is 0. The smallest absolute Gasteiger partial charge is 0.0935 e. The highest BCUT2D eigenvalue weighted by molar-refractivity contribution is 5.07. The highest BCUT2D eigenvalue weighted by Crippen LogP contribution is 2.08. The number of furan rings is 1. The van der Waals surface area contributed by atoms with Crippen LogP contribution in [0.3, 0.4) is 0 Å². The van der Waals surface area contributed by atoms with Crippen LogP contribution in [0.5, 0.6) is 0 Å². The van der Waals surface area contributed by atoms with E-state index in [-0.39, 0.29) is 0 Å². The average Bonchev–Trinajstić information content (AvgIpc) is 2.77. The Morgan fingerprint density at radius 2 is 2.31 bits per heavy atom. The summed E-state index contributed by atoms with van der Waals surface area (Å²) in [4.78, 5) is 0. The molecule has 1 aromatic heterocycles. The van der Waals surface area contributed by atoms with Gasteiger partial charge < -0.3 is 14.5 Å². The fourth-order valence-electron chi connectivity index (χ4n) is 1.83. The van der Waals surface area contributed by atoms with Gasteiger partial charge in [-0.3, -0.25) is 0 Å². The van der Waals surface area contributed by atoms with Gasteiger partial charge in [0.1, 0.15) is 0 Å². The van der Waals surface area contributed by atoms with Gasteiger partial charge in [-0.2, -0.15) is 0 Å². The van der Waals surface area contributed by atoms with Crippen LogP contribution in [0.25, 0.3) is 0 Å². The number of likely N-dealkylation sites (N-methyl/N-ethyl adjacent to an activating group) is 1. The Hall–Kier alpha value is -0.800. The topological polar surface area (TPSA) is 34.4 Å². The van der Waals surface area contributed by atoms with E-state index in [1.165, 1.54) is 5.56 Å². The van der Waals surface area contributed by atoms with Crippen LogP contribution in [0.1, 0.15) is 32.3 Å². The fraction of sp³-hybridized carbons (Fsp3) is 0.692. The predicted molar refractivity (Wildman–Crippen MR) is 65.6 cm³/mol. The third-order valence-electron chi connectivity index (χ3n) is 2.60. The summed E-state index contributed by atoms with van der Waals surface area (Å²) in [7, 11) is 0. The van der Waals surface area contributed by atoms with Gasteiger partial charge in [-0.05, 0) is 44.4 Å². The Kier molecular flexibility index (Phi) is 6.93. The number of ether oxygens (including phenoxy) is 1. The van der Waals surface area contributed by atoms with Gasteiger partial charge in [0.05, 0.1) is 12.5 Å². The van der Waals surface area contributed by atoms with Crippen molar-refractivity contribution in [3.8, 4) is 0 Å². The van der Waals surface area contributed by atoms with Gasteiger partial charge >= 0.3 is 0 Å². The van der Waals surface area contributed by atoms with Crippen molar-refractivity contribution < 1.29 is 9.15 Å². The van der Waals surface area contributed by atoms with Crippen molar-refractivity contribution >= 4 is 0 Å². The Bertz CT molecular complexity index is 246. The van der Waals surface area contributed by atoms with E-state index in [9.17, 15) is 0 Å². The minimum atomic E-state index is 0.531. The monoisotopic (exact) mass is 225 g/mol. The molecule has 0 aliphatic carbocycles. The molecule has 3 heteroatoms. The summed E-state index contributed by atoms with van der Waals surface area (Å²) in [6.07, 6.45) is 6.87. The largest absolute Gasteiger partial charge is 0.472 e. The number of nitrogens with one attached hydrogen (secondary N) is 1. The van der Waals surface area contributed by atoms with E-state index in [2.05, 4.69) is 12.2 Å². The molecular weight excluding hydrogens is 202 g/mol. The van der Waals surface area contributed by atoms with Crippen molar-refractivity contribution in [2.24, 2.45) is 0 Å². The zero-order chi connectivity index (χ0) is 11.6. The first kappa shape index (κ1) is 13.3. The molecule has 1 N–H and O–H groups in total. The summed E-state index contributed by atoms with van der Waals surface area (Å²) < 4.78 is 10.4. The molecule has 1 heterocycles. The molecule has 0 amide bonds. The third-order valence-corrected chi connectivity index (χ3v) is 2.60. The molecule has 1 rings (SSSR count). The van der Waals surface area contributed by atoms with Crippen LogP contribution in [0, 0.1) is 0 Å². The van der Waals surface area contributed by atoms with Crippen molar-refractivity contribution in [3.63, 3.8) is 0 Å². The lowest BCUT2D eigenvalue weighted by Gasteiger charge is -2.16. The molecule has 0 aromatic carbocycles. The minimum absolute atomic E-state index is 0.531. The highest BCUT2D eigenvalue weighted by Gasteiger charge is 2.08. The summed E-state index contributed by atoms with van der Waals surface area (Å²) in [5, 5.41) is 3.50. The lowest BCUT2D eigenvalue weighted by atomic mass is 10.0. The van der Waals surface area contributed by atoms with Crippen LogP contribution in [0.2, 0.25) is 0 Å². The molecule has 0 saturated heterocycles. The van der Waals surface area contributed by atoms with Crippen molar-refractivity contribution in [2.45, 2.75) is 39.2 Å². The van der Waals surface area contributed by atoms with Gasteiger partial charge in [0.15, 0.2) is 0 Å². The van der Waals surface area contributed by atoms with Crippen LogP contribution in [-0.2, 0) is 11.2 Å². The zero-order valence-corrected chi connectivity index (χ0v) is 10.4. The van der Waals surface area contributed by atoms with Crippen LogP contribution in [-0.4, -0.2) is 25.8 Å². The zero-order valence-electron chi connectivity index (χ0n) is 10.4. The summed E-state index contributed by atoms with van der Waals surface area (Å²) in [5.41, 5.74) is 1.27. The van der Waals surface area contributed by atoms with Crippen LogP contribution >= 0.6 is 0 Å². The third kappa shape index (κ3) is 5.33. The first-order valence-electron chi connectivity index (χ1n) is 6.19. The molecule has 1 unspecified atom stereocenters. The van der Waals surface area contributed by atoms with E-state index >= 15 is 0 Å². The normalized spacial score (nSPS) is 12.9. The molecule has 1 aromatic rings. The van der Waals surface area contributed by atoms with Crippen molar-refractivity contribution in [1.82, 2.24) is 5.32 Å². The van der Waals surface area contributed by atoms with Crippen LogP contribution in [0.15, 0.2) is 23.0 Å². The Labute approximate surface area is 98.2 Å². The molecular formula is C13H23NO2. The molecule has 0 fully saturated rings. The van der Waals surface area contributed by atoms with E-state index < -0.39 is 0 Å². The molecule has 0 spiro atoms. The molecule has 16 heavy (non-hydrogen) atoms. The Morgan fingerprint density at radius 1 is 1.44 bits per heavy atom. The van der Waals surface area contributed by atoms with Gasteiger partial charge in [-0.25, -0.2) is 0 Å². The van der Waals surface area contributed by atoms with Gasteiger partial charge in [-0.15, -0.1) is 0 Å². The standard InChI is InChI=1S/C13H23NO2/c1-3-14-13(6-5-8-15-4-2)10-12-7-9-16-11-12/h7,9,11,13-14H,3-6,8,10H2,1-2H3. The molecule has 0 aliphatic rings. The van der Waals surface area contributed by atoms with E-state index in [0.717, 1.165) is 39.0 Å². The average molecular weight is 225 g/mol. The minimum Gasteiger partial charge on any atom is -0.472 e. The molecule has 0 saturated carbocycles. The first-order valence-corrected chi connectivity index (χ1v) is 6.19. The van der Waals surface area contributed by atoms with Crippen molar-refractivity contribution in [3.05, 3.63) is 24.2 Å². The van der Waals surface area contributed by atoms with Gasteiger partial charge in [-0.1, -0.05) is 6.92 Å². The number of hydrogen-bond donors (Lipinski definition) is 1. The van der Waals surface area contributed by atoms with Crippen LogP contribution in [0.4, 0.5) is 0 Å². The van der Waals surface area contributed by atoms with Gasteiger partial charge in [0, 0.05) is 19.3 Å². The maximum atomic E-state index is 5.35. The fourth-order valence-corrected chi connectivity index (χ4v) is 1.83. The molecule has 3 nitrogen and oxygen atoms in total. The second kappa shape index (κ2) is 8.36. The van der Waals surface area contributed by atoms with E-state index in [0.29, 0.717) is 6.04 Å². The SMILES string of the molecule is CCNC(CCCOCC)Cc1ccoc1. The molecule has 1 atom stereocenters. The summed E-state index contributed by atoms with van der Waals surface area (Å²) in [6.45, 7) is 6.87. The number of rotatable bonds is 9. The summed E-state index contributed by atoms with van der Waals surface area (Å²) in [5.74, 6) is 0. The Balaban J connectivity index is 2.24. The lowest BCUT2D eigenvalue weighted by Crippen LogP contribution is -2.31. The second-order valence-corrected chi connectivity index (χ2v) is 3.93. The maximum absolute atomic E-state index is 5.35. The van der Waals surface area contributed by atoms with Crippen molar-refractivity contribution in [2.75, 3.05) is 19.8 Å². The quantitative estimate of drug-likeness (QED) is 0.656. The van der Waals surface area contributed by atoms with Gasteiger partial charge in [0.2, 0.25) is 0 Å². The molecule has 0 bridgehead atoms. The van der Waals surface area contributed by atoms with E-state index in [4.69, 9.17) is 9.15 Å². The van der Waals surface area contributed by atoms with E-state index in [1.54, 1.807) is 6.26 Å². The van der Waals surface area contributed by atoms with Gasteiger partial charge in [0.25, 0.3) is 0 Å². The highest BCUT2D eigenvalue weighted by atomic mass is 16.5. The maximum Gasteiger partial charge on any atom is 0.0935 e. The Morgan fingerprint density at radius 3 is 2.94 bits per heavy atom. The lowest BCUT2D eigenvalue weighted by molar-refractivity contribution is 0.141. The second-order valence-electron chi connectivity index (χ2n) is 3.93. The van der Waals surface area contributed by atoms with Crippen molar-refractivity contribution in [1.29, 1.82) is 0 Å². The van der Waals surface area contributed by atoms with Crippen LogP contribution < -0.4 is 5.32 Å². The molecule has 92 valence electrons. The molecule has 0 aliphatic heterocycles.